The van der Waals surface area contributed by atoms with E-state index in [-0.39, 0.29) is 30.2 Å². The Kier molecular flexibility index (Phi) is 11.7. The van der Waals surface area contributed by atoms with Crippen molar-refractivity contribution >= 4 is 17.9 Å². The first kappa shape index (κ1) is 28.3. The van der Waals surface area contributed by atoms with Gasteiger partial charge in [-0.1, -0.05) is 32.9 Å². The SMILES string of the molecule is CC(C)(C)OC(=O)NCCC(=O)NCCCNC(=O)CCCOc1ccc(C(C)(C)C)cc1. The van der Waals surface area contributed by atoms with Crippen LogP contribution in [0.4, 0.5) is 4.79 Å². The molecule has 0 bridgehead atoms. The zero-order valence-corrected chi connectivity index (χ0v) is 21.0. The zero-order chi connectivity index (χ0) is 24.9. The van der Waals surface area contributed by atoms with E-state index >= 15 is 0 Å². The van der Waals surface area contributed by atoms with E-state index in [1.807, 2.05) is 12.1 Å². The second-order valence-corrected chi connectivity index (χ2v) is 9.96. The number of hydrogen-bond donors (Lipinski definition) is 3. The van der Waals surface area contributed by atoms with Gasteiger partial charge in [-0.25, -0.2) is 4.79 Å². The van der Waals surface area contributed by atoms with Crippen molar-refractivity contribution in [3.63, 3.8) is 0 Å². The molecule has 0 radical (unpaired) electrons. The zero-order valence-electron chi connectivity index (χ0n) is 21.0. The Morgan fingerprint density at radius 3 is 1.88 bits per heavy atom. The summed E-state index contributed by atoms with van der Waals surface area (Å²) < 4.78 is 10.8. The lowest BCUT2D eigenvalue weighted by atomic mass is 9.87. The van der Waals surface area contributed by atoms with Gasteiger partial charge in [0.05, 0.1) is 6.61 Å². The van der Waals surface area contributed by atoms with Crippen LogP contribution in [0.3, 0.4) is 0 Å². The fraction of sp³-hybridized carbons (Fsp3) is 0.640. The summed E-state index contributed by atoms with van der Waals surface area (Å²) in [5, 5.41) is 8.14. The molecule has 1 aromatic carbocycles. The van der Waals surface area contributed by atoms with Gasteiger partial charge in [-0.15, -0.1) is 0 Å². The molecule has 8 nitrogen and oxygen atoms in total. The van der Waals surface area contributed by atoms with Gasteiger partial charge in [-0.2, -0.15) is 0 Å². The summed E-state index contributed by atoms with van der Waals surface area (Å²) in [5.41, 5.74) is 0.795. The number of ether oxygens (including phenoxy) is 2. The van der Waals surface area contributed by atoms with E-state index < -0.39 is 11.7 Å². The number of carbonyl (C=O) groups is 3. The Balaban J connectivity index is 2.03. The van der Waals surface area contributed by atoms with Gasteiger partial charge in [0.1, 0.15) is 11.4 Å². The average Bonchev–Trinajstić information content (AvgIpc) is 2.69. The van der Waals surface area contributed by atoms with Crippen molar-refractivity contribution in [3.8, 4) is 5.75 Å². The van der Waals surface area contributed by atoms with E-state index in [1.165, 1.54) is 5.56 Å². The molecule has 0 saturated carbocycles. The molecule has 0 atom stereocenters. The van der Waals surface area contributed by atoms with Crippen LogP contribution in [0.2, 0.25) is 0 Å². The molecule has 0 aliphatic rings. The lowest BCUT2D eigenvalue weighted by molar-refractivity contribution is -0.121. The number of carbonyl (C=O) groups excluding carboxylic acids is 3. The number of nitrogens with one attached hydrogen (secondary N) is 3. The van der Waals surface area contributed by atoms with Crippen LogP contribution in [0.1, 0.15) is 72.8 Å². The third-order valence-electron chi connectivity index (χ3n) is 4.56. The quantitative estimate of drug-likeness (QED) is 0.410. The van der Waals surface area contributed by atoms with Gasteiger partial charge in [-0.3, -0.25) is 9.59 Å². The standard InChI is InChI=1S/C25H41N3O5/c1-24(2,3)19-10-12-20(13-11-19)32-18-7-9-21(29)26-15-8-16-27-22(30)14-17-28-23(31)33-25(4,5)6/h10-13H,7-9,14-18H2,1-6H3,(H,26,29)(H,27,30)(H,28,31). The number of amides is 3. The molecule has 33 heavy (non-hydrogen) atoms. The van der Waals surface area contributed by atoms with Crippen molar-refractivity contribution in [1.29, 1.82) is 0 Å². The fourth-order valence-corrected chi connectivity index (χ4v) is 2.79. The van der Waals surface area contributed by atoms with Gasteiger partial charge in [0.2, 0.25) is 11.8 Å². The Hall–Kier alpha value is -2.77. The van der Waals surface area contributed by atoms with Crippen molar-refractivity contribution in [2.24, 2.45) is 0 Å². The van der Waals surface area contributed by atoms with E-state index in [0.717, 1.165) is 5.75 Å². The summed E-state index contributed by atoms with van der Waals surface area (Å²) in [7, 11) is 0. The largest absolute Gasteiger partial charge is 0.494 e. The number of hydrogen-bond acceptors (Lipinski definition) is 5. The first-order chi connectivity index (χ1) is 15.4. The van der Waals surface area contributed by atoms with Crippen LogP contribution in [0, 0.1) is 0 Å². The molecule has 186 valence electrons. The Labute approximate surface area is 198 Å². The lowest BCUT2D eigenvalue weighted by Crippen LogP contribution is -2.35. The molecule has 0 unspecified atom stereocenters. The summed E-state index contributed by atoms with van der Waals surface area (Å²) >= 11 is 0. The Morgan fingerprint density at radius 2 is 1.33 bits per heavy atom. The second-order valence-electron chi connectivity index (χ2n) is 9.96. The summed E-state index contributed by atoms with van der Waals surface area (Å²) in [5.74, 6) is 0.611. The minimum Gasteiger partial charge on any atom is -0.494 e. The molecule has 0 aliphatic carbocycles. The molecule has 0 spiro atoms. The van der Waals surface area contributed by atoms with Crippen molar-refractivity contribution < 1.29 is 23.9 Å². The first-order valence-electron chi connectivity index (χ1n) is 11.6. The topological polar surface area (TPSA) is 106 Å². The number of alkyl carbamates (subject to hydrolysis) is 1. The van der Waals surface area contributed by atoms with Crippen molar-refractivity contribution in [1.82, 2.24) is 16.0 Å². The van der Waals surface area contributed by atoms with Gasteiger partial charge >= 0.3 is 6.09 Å². The predicted molar refractivity (Wildman–Crippen MR) is 129 cm³/mol. The molecule has 3 N–H and O–H groups in total. The third kappa shape index (κ3) is 14.1. The van der Waals surface area contributed by atoms with Crippen LogP contribution in [0.15, 0.2) is 24.3 Å². The number of rotatable bonds is 12. The maximum Gasteiger partial charge on any atom is 0.407 e. The van der Waals surface area contributed by atoms with E-state index in [0.29, 0.717) is 39.0 Å². The molecular weight excluding hydrogens is 422 g/mol. The Bertz CT molecular complexity index is 749. The fourth-order valence-electron chi connectivity index (χ4n) is 2.79. The third-order valence-corrected chi connectivity index (χ3v) is 4.56. The molecule has 0 heterocycles. The van der Waals surface area contributed by atoms with Crippen LogP contribution >= 0.6 is 0 Å². The first-order valence-corrected chi connectivity index (χ1v) is 11.6. The van der Waals surface area contributed by atoms with E-state index in [2.05, 4.69) is 48.9 Å². The van der Waals surface area contributed by atoms with Gasteiger partial charge in [0.15, 0.2) is 0 Å². The highest BCUT2D eigenvalue weighted by atomic mass is 16.6. The van der Waals surface area contributed by atoms with Crippen molar-refractivity contribution in [2.75, 3.05) is 26.2 Å². The van der Waals surface area contributed by atoms with E-state index in [9.17, 15) is 14.4 Å². The smallest absolute Gasteiger partial charge is 0.407 e. The number of benzene rings is 1. The second kappa shape index (κ2) is 13.7. The minimum absolute atomic E-state index is 0.0328. The van der Waals surface area contributed by atoms with Crippen molar-refractivity contribution in [2.45, 2.75) is 78.2 Å². The highest BCUT2D eigenvalue weighted by Crippen LogP contribution is 2.24. The van der Waals surface area contributed by atoms with Crippen LogP contribution in [-0.4, -0.2) is 49.7 Å². The van der Waals surface area contributed by atoms with Crippen LogP contribution in [-0.2, 0) is 19.7 Å². The summed E-state index contributed by atoms with van der Waals surface area (Å²) in [6.45, 7) is 13.5. The molecule has 0 saturated heterocycles. The minimum atomic E-state index is -0.567. The summed E-state index contributed by atoms with van der Waals surface area (Å²) in [6.07, 6.45) is 1.29. The average molecular weight is 464 g/mol. The van der Waals surface area contributed by atoms with Gasteiger partial charge in [-0.05, 0) is 56.7 Å². The molecule has 1 rings (SSSR count). The monoisotopic (exact) mass is 463 g/mol. The molecule has 0 aliphatic heterocycles. The van der Waals surface area contributed by atoms with E-state index in [4.69, 9.17) is 9.47 Å². The molecule has 0 fully saturated rings. The molecular formula is C25H41N3O5. The van der Waals surface area contributed by atoms with Crippen LogP contribution in [0.25, 0.3) is 0 Å². The predicted octanol–water partition coefficient (Wildman–Crippen LogP) is 3.68. The van der Waals surface area contributed by atoms with Gasteiger partial charge < -0.3 is 25.4 Å². The highest BCUT2D eigenvalue weighted by molar-refractivity contribution is 5.77. The molecule has 0 aromatic heterocycles. The van der Waals surface area contributed by atoms with Gasteiger partial charge in [0.25, 0.3) is 0 Å². The van der Waals surface area contributed by atoms with Crippen molar-refractivity contribution in [3.05, 3.63) is 29.8 Å². The maximum atomic E-state index is 11.9. The highest BCUT2D eigenvalue weighted by Gasteiger charge is 2.16. The summed E-state index contributed by atoms with van der Waals surface area (Å²) in [4.78, 5) is 35.2. The van der Waals surface area contributed by atoms with Gasteiger partial charge in [0, 0.05) is 32.5 Å². The molecule has 3 amide bonds. The summed E-state index contributed by atoms with van der Waals surface area (Å²) in [6, 6.07) is 8.06. The normalized spacial score (nSPS) is 11.5. The maximum absolute atomic E-state index is 11.9. The lowest BCUT2D eigenvalue weighted by Gasteiger charge is -2.19. The van der Waals surface area contributed by atoms with Crippen LogP contribution < -0.4 is 20.7 Å². The van der Waals surface area contributed by atoms with E-state index in [1.54, 1.807) is 20.8 Å². The molecule has 8 heteroatoms. The van der Waals surface area contributed by atoms with Crippen LogP contribution in [0.5, 0.6) is 5.75 Å². The molecule has 1 aromatic rings. The Morgan fingerprint density at radius 1 is 0.758 bits per heavy atom.